The molecule has 0 aromatic carbocycles. The van der Waals surface area contributed by atoms with Crippen LogP contribution >= 0.6 is 15.6 Å². The predicted molar refractivity (Wildman–Crippen MR) is 451 cm³/mol. The van der Waals surface area contributed by atoms with Gasteiger partial charge in [0.15, 0.2) is 12.2 Å². The molecule has 17 nitrogen and oxygen atoms in total. The number of aliphatic hydroxyl groups is 1. The smallest absolute Gasteiger partial charge is 0.462 e. The van der Waals surface area contributed by atoms with Gasteiger partial charge in [-0.25, -0.2) is 9.13 Å². The summed E-state index contributed by atoms with van der Waals surface area (Å²) in [6, 6.07) is 0. The Morgan fingerprint density at radius 1 is 0.220 bits per heavy atom. The van der Waals surface area contributed by atoms with Crippen molar-refractivity contribution in [3.63, 3.8) is 0 Å². The lowest BCUT2D eigenvalue weighted by molar-refractivity contribution is -0.161. The molecule has 0 aromatic rings. The molecule has 0 fully saturated rings. The number of hydrogen-bond donors (Lipinski definition) is 3. The summed E-state index contributed by atoms with van der Waals surface area (Å²) in [7, 11) is -9.93. The quantitative estimate of drug-likeness (QED) is 0.0222. The fourth-order valence-electron chi connectivity index (χ4n) is 14.2. The minimum atomic E-state index is -4.97. The second-order valence-corrected chi connectivity index (χ2v) is 35.3. The molecule has 0 rings (SSSR count). The number of carbonyl (C=O) groups is 4. The lowest BCUT2D eigenvalue weighted by Gasteiger charge is -2.21. The first-order valence-electron chi connectivity index (χ1n) is 46.8. The lowest BCUT2D eigenvalue weighted by Crippen LogP contribution is -2.30. The van der Waals surface area contributed by atoms with Crippen LogP contribution in [0.3, 0.4) is 0 Å². The van der Waals surface area contributed by atoms with Gasteiger partial charge in [-0.15, -0.1) is 0 Å². The molecule has 19 heteroatoms. The van der Waals surface area contributed by atoms with Crippen LogP contribution in [-0.4, -0.2) is 96.7 Å². The van der Waals surface area contributed by atoms with E-state index in [1.807, 2.05) is 0 Å². The Morgan fingerprint density at radius 2 is 0.367 bits per heavy atom. The average molecular weight is 1590 g/mol. The van der Waals surface area contributed by atoms with Crippen molar-refractivity contribution in [1.29, 1.82) is 0 Å². The molecule has 2 unspecified atom stereocenters. The molecule has 0 bridgehead atoms. The van der Waals surface area contributed by atoms with E-state index in [0.29, 0.717) is 25.7 Å². The first kappa shape index (κ1) is 107. The molecule has 3 N–H and O–H groups in total. The number of carbonyl (C=O) groups excluding carboxylic acids is 4. The summed E-state index contributed by atoms with van der Waals surface area (Å²) in [5.74, 6) is -2.09. The van der Waals surface area contributed by atoms with Gasteiger partial charge in [0.2, 0.25) is 0 Å². The maximum absolute atomic E-state index is 13.2. The Bertz CT molecular complexity index is 2050. The van der Waals surface area contributed by atoms with Gasteiger partial charge >= 0.3 is 39.5 Å². The van der Waals surface area contributed by atoms with Crippen molar-refractivity contribution >= 4 is 39.5 Å². The number of aliphatic hydroxyl groups excluding tert-OH is 1. The first-order valence-corrected chi connectivity index (χ1v) is 49.8. The average Bonchev–Trinajstić information content (AvgIpc) is 0.904. The number of unbranched alkanes of at least 4 members (excludes halogenated alkanes) is 65. The van der Waals surface area contributed by atoms with E-state index in [9.17, 15) is 43.2 Å². The standard InChI is InChI=1S/C90H176O17P2/c1-5-9-13-17-21-25-29-33-36-39-42-43-44-47-50-53-57-61-65-69-73-77-90(95)107-86(81-101-88(93)75-71-67-63-59-55-51-48-45-40-37-34-30-26-22-18-14-10-6-2)83-105-109(98,99)103-79-84(91)78-102-108(96,97)104-82-85(80-100-87(92)74-70-66-62-58-54-32-28-24-20-16-12-8-4)106-89(94)76-72-68-64-60-56-52-49-46-41-38-35-31-27-23-19-15-11-7-3/h84-86,91H,5-83H2,1-4H3,(H,96,97)(H,98,99)/t84-,85+,86+/m0/s1. The van der Waals surface area contributed by atoms with Gasteiger partial charge in [-0.1, -0.05) is 445 Å². The summed E-state index contributed by atoms with van der Waals surface area (Å²) in [5, 5.41) is 10.7. The summed E-state index contributed by atoms with van der Waals surface area (Å²) in [5.41, 5.74) is 0. The van der Waals surface area contributed by atoms with Crippen molar-refractivity contribution in [2.24, 2.45) is 0 Å². The van der Waals surface area contributed by atoms with Crippen molar-refractivity contribution in [2.45, 2.75) is 515 Å². The summed E-state index contributed by atoms with van der Waals surface area (Å²) in [4.78, 5) is 73.4. The number of phosphoric acid groups is 2. The van der Waals surface area contributed by atoms with Gasteiger partial charge in [-0.2, -0.15) is 0 Å². The lowest BCUT2D eigenvalue weighted by atomic mass is 10.0. The summed E-state index contributed by atoms with van der Waals surface area (Å²) < 4.78 is 69.1. The minimum Gasteiger partial charge on any atom is -0.462 e. The largest absolute Gasteiger partial charge is 0.472 e. The highest BCUT2D eigenvalue weighted by Gasteiger charge is 2.30. The van der Waals surface area contributed by atoms with Gasteiger partial charge in [0.05, 0.1) is 26.4 Å². The molecule has 648 valence electrons. The monoisotopic (exact) mass is 1590 g/mol. The zero-order valence-electron chi connectivity index (χ0n) is 71.5. The molecule has 0 spiro atoms. The highest BCUT2D eigenvalue weighted by atomic mass is 31.2. The van der Waals surface area contributed by atoms with Crippen molar-refractivity contribution in [2.75, 3.05) is 39.6 Å². The molecule has 0 saturated carbocycles. The third kappa shape index (κ3) is 83.8. The highest BCUT2D eigenvalue weighted by Crippen LogP contribution is 2.45. The first-order chi connectivity index (χ1) is 53.2. The zero-order chi connectivity index (χ0) is 79.6. The van der Waals surface area contributed by atoms with Crippen LogP contribution in [0, 0.1) is 0 Å². The molecule has 0 radical (unpaired) electrons. The molecule has 5 atom stereocenters. The molecule has 0 aliphatic carbocycles. The Kier molecular flexibility index (Phi) is 82.5. The van der Waals surface area contributed by atoms with E-state index >= 15 is 0 Å². The molecule has 0 aromatic heterocycles. The van der Waals surface area contributed by atoms with Crippen LogP contribution in [0.1, 0.15) is 496 Å². The van der Waals surface area contributed by atoms with Crippen LogP contribution in [0.5, 0.6) is 0 Å². The number of ether oxygens (including phenoxy) is 4. The van der Waals surface area contributed by atoms with Gasteiger partial charge in [0.25, 0.3) is 0 Å². The SMILES string of the molecule is CCCCCCCCCCCCCCCCCCCCCCCC(=O)O[C@H](COC(=O)CCCCCCCCCCCCCCCCCCCC)COP(=O)(O)OC[C@@H](O)COP(=O)(O)OC[C@@H](COC(=O)CCCCCCCCCCCCCC)OC(=O)CCCCCCCCCCCCCCCCCCCC. The van der Waals surface area contributed by atoms with E-state index in [-0.39, 0.29) is 25.7 Å². The van der Waals surface area contributed by atoms with Crippen LogP contribution < -0.4 is 0 Å². The third-order valence-corrected chi connectivity index (χ3v) is 23.3. The van der Waals surface area contributed by atoms with E-state index < -0.39 is 97.5 Å². The molecule has 0 saturated heterocycles. The van der Waals surface area contributed by atoms with Crippen molar-refractivity contribution in [3.8, 4) is 0 Å². The van der Waals surface area contributed by atoms with Gasteiger partial charge < -0.3 is 33.8 Å². The van der Waals surface area contributed by atoms with E-state index in [1.165, 1.54) is 327 Å². The van der Waals surface area contributed by atoms with E-state index in [2.05, 4.69) is 27.7 Å². The second-order valence-electron chi connectivity index (χ2n) is 32.3. The molecule has 0 heterocycles. The minimum absolute atomic E-state index is 0.110. The van der Waals surface area contributed by atoms with Gasteiger partial charge in [0, 0.05) is 25.7 Å². The van der Waals surface area contributed by atoms with E-state index in [0.717, 1.165) is 89.9 Å². The summed E-state index contributed by atoms with van der Waals surface area (Å²) in [6.07, 6.45) is 80.6. The Morgan fingerprint density at radius 3 is 0.541 bits per heavy atom. The van der Waals surface area contributed by atoms with Crippen LogP contribution in [0.25, 0.3) is 0 Å². The van der Waals surface area contributed by atoms with Gasteiger partial charge in [-0.3, -0.25) is 37.3 Å². The van der Waals surface area contributed by atoms with Crippen LogP contribution in [0.15, 0.2) is 0 Å². The van der Waals surface area contributed by atoms with Crippen LogP contribution in [0.2, 0.25) is 0 Å². The fraction of sp³-hybridized carbons (Fsp3) is 0.956. The predicted octanol–water partition coefficient (Wildman–Crippen LogP) is 28.1. The van der Waals surface area contributed by atoms with Crippen LogP contribution in [0.4, 0.5) is 0 Å². The number of esters is 4. The number of rotatable bonds is 91. The Labute approximate surface area is 670 Å². The number of hydrogen-bond acceptors (Lipinski definition) is 15. The highest BCUT2D eigenvalue weighted by molar-refractivity contribution is 7.47. The Hall–Kier alpha value is -1.94. The van der Waals surface area contributed by atoms with Crippen molar-refractivity contribution in [3.05, 3.63) is 0 Å². The third-order valence-electron chi connectivity index (χ3n) is 21.4. The molecular formula is C90H176O17P2. The molecule has 0 aliphatic heterocycles. The van der Waals surface area contributed by atoms with Crippen molar-refractivity contribution < 1.29 is 80.2 Å². The van der Waals surface area contributed by atoms with E-state index in [4.69, 9.17) is 37.0 Å². The van der Waals surface area contributed by atoms with Gasteiger partial charge in [-0.05, 0) is 25.7 Å². The Balaban J connectivity index is 5.24. The number of phosphoric ester groups is 2. The van der Waals surface area contributed by atoms with Gasteiger partial charge in [0.1, 0.15) is 19.3 Å². The molecule has 109 heavy (non-hydrogen) atoms. The molecular weight excluding hydrogens is 1410 g/mol. The molecule has 0 aliphatic rings. The zero-order valence-corrected chi connectivity index (χ0v) is 73.3. The second kappa shape index (κ2) is 84.0. The maximum atomic E-state index is 13.2. The topological polar surface area (TPSA) is 237 Å². The summed E-state index contributed by atoms with van der Waals surface area (Å²) in [6.45, 7) is 5.09. The normalized spacial score (nSPS) is 13.6. The fourth-order valence-corrected chi connectivity index (χ4v) is 15.8. The molecule has 0 amide bonds. The van der Waals surface area contributed by atoms with E-state index in [1.54, 1.807) is 0 Å². The summed E-state index contributed by atoms with van der Waals surface area (Å²) >= 11 is 0. The van der Waals surface area contributed by atoms with Crippen molar-refractivity contribution in [1.82, 2.24) is 0 Å². The van der Waals surface area contributed by atoms with Crippen LogP contribution in [-0.2, 0) is 65.4 Å². The maximum Gasteiger partial charge on any atom is 0.472 e.